The third kappa shape index (κ3) is 2.34. The highest BCUT2D eigenvalue weighted by Gasteiger charge is 2.18. The van der Waals surface area contributed by atoms with Crippen molar-refractivity contribution in [1.29, 1.82) is 0 Å². The number of amides is 1. The Morgan fingerprint density at radius 3 is 2.76 bits per heavy atom. The van der Waals surface area contributed by atoms with Gasteiger partial charge in [0.15, 0.2) is 0 Å². The van der Waals surface area contributed by atoms with Crippen LogP contribution in [0.5, 0.6) is 0 Å². The van der Waals surface area contributed by atoms with Crippen LogP contribution in [0.3, 0.4) is 0 Å². The molecule has 0 saturated heterocycles. The number of thiazole rings is 1. The number of carboxylic acids is 1. The normalized spacial score (nSPS) is 10.2. The third-order valence-electron chi connectivity index (χ3n) is 2.07. The number of carbonyl (C=O) groups excluding carboxylic acids is 1. The van der Waals surface area contributed by atoms with Crippen molar-refractivity contribution < 1.29 is 14.7 Å². The fourth-order valence-electron chi connectivity index (χ4n) is 1.26. The number of nitrogens with zero attached hydrogens (tertiary/aromatic N) is 1. The van der Waals surface area contributed by atoms with Crippen LogP contribution >= 0.6 is 22.7 Å². The first-order chi connectivity index (χ1) is 8.09. The van der Waals surface area contributed by atoms with Gasteiger partial charge in [-0.15, -0.1) is 22.7 Å². The lowest BCUT2D eigenvalue weighted by Crippen LogP contribution is -2.14. The zero-order chi connectivity index (χ0) is 12.4. The molecule has 2 aromatic heterocycles. The number of rotatable bonds is 3. The van der Waals surface area contributed by atoms with Crippen molar-refractivity contribution in [3.05, 3.63) is 32.4 Å². The Morgan fingerprint density at radius 1 is 1.41 bits per heavy atom. The number of aromatic nitrogens is 1. The molecule has 0 spiro atoms. The highest BCUT2D eigenvalue weighted by Crippen LogP contribution is 2.27. The maximum absolute atomic E-state index is 11.7. The lowest BCUT2D eigenvalue weighted by molar-refractivity contribution is 0.0703. The van der Waals surface area contributed by atoms with Gasteiger partial charge in [-0.1, -0.05) is 0 Å². The first-order valence-corrected chi connectivity index (χ1v) is 6.42. The van der Waals surface area contributed by atoms with Crippen LogP contribution in [0.15, 0.2) is 16.3 Å². The first-order valence-electron chi connectivity index (χ1n) is 4.60. The second kappa shape index (κ2) is 4.64. The molecule has 2 rings (SSSR count). The lowest BCUT2D eigenvalue weighted by Gasteiger charge is -2.04. The van der Waals surface area contributed by atoms with Crippen LogP contribution in [0.25, 0.3) is 0 Å². The SMILES string of the molecule is Cc1csc(C(=O)O)c1NC(=O)c1cscn1. The molecule has 2 aromatic rings. The van der Waals surface area contributed by atoms with Gasteiger partial charge in [0.2, 0.25) is 0 Å². The van der Waals surface area contributed by atoms with E-state index in [1.54, 1.807) is 23.2 Å². The number of hydrogen-bond donors (Lipinski definition) is 2. The van der Waals surface area contributed by atoms with Crippen molar-refractivity contribution in [1.82, 2.24) is 4.98 Å². The molecule has 0 aliphatic rings. The highest BCUT2D eigenvalue weighted by molar-refractivity contribution is 7.12. The van der Waals surface area contributed by atoms with Crippen LogP contribution in [0.4, 0.5) is 5.69 Å². The second-order valence-electron chi connectivity index (χ2n) is 3.26. The molecule has 0 saturated carbocycles. The Hall–Kier alpha value is -1.73. The number of aromatic carboxylic acids is 1. The summed E-state index contributed by atoms with van der Waals surface area (Å²) in [6, 6.07) is 0. The van der Waals surface area contributed by atoms with Crippen LogP contribution in [0.2, 0.25) is 0 Å². The van der Waals surface area contributed by atoms with Gasteiger partial charge in [0.1, 0.15) is 10.6 Å². The monoisotopic (exact) mass is 268 g/mol. The number of aryl methyl sites for hydroxylation is 1. The molecule has 88 valence electrons. The molecule has 2 heterocycles. The Balaban J connectivity index is 2.27. The second-order valence-corrected chi connectivity index (χ2v) is 4.85. The zero-order valence-corrected chi connectivity index (χ0v) is 10.4. The quantitative estimate of drug-likeness (QED) is 0.896. The third-order valence-corrected chi connectivity index (χ3v) is 3.75. The summed E-state index contributed by atoms with van der Waals surface area (Å²) in [6.07, 6.45) is 0. The predicted octanol–water partition coefficient (Wildman–Crippen LogP) is 2.46. The van der Waals surface area contributed by atoms with Gasteiger partial charge >= 0.3 is 5.97 Å². The Morgan fingerprint density at radius 2 is 2.18 bits per heavy atom. The van der Waals surface area contributed by atoms with Gasteiger partial charge in [-0.25, -0.2) is 9.78 Å². The van der Waals surface area contributed by atoms with Crippen molar-refractivity contribution in [2.75, 3.05) is 5.32 Å². The molecule has 0 aliphatic carbocycles. The summed E-state index contributed by atoms with van der Waals surface area (Å²) in [5, 5.41) is 14.8. The fourth-order valence-corrected chi connectivity index (χ4v) is 2.63. The molecule has 1 amide bonds. The zero-order valence-electron chi connectivity index (χ0n) is 8.76. The molecular formula is C10H8N2O3S2. The average Bonchev–Trinajstić information content (AvgIpc) is 2.89. The lowest BCUT2D eigenvalue weighted by atomic mass is 10.2. The van der Waals surface area contributed by atoms with Crippen molar-refractivity contribution >= 4 is 40.2 Å². The van der Waals surface area contributed by atoms with Crippen LogP contribution in [-0.2, 0) is 0 Å². The van der Waals surface area contributed by atoms with E-state index in [1.807, 2.05) is 0 Å². The van der Waals surface area contributed by atoms with Gasteiger partial charge in [-0.2, -0.15) is 0 Å². The predicted molar refractivity (Wildman–Crippen MR) is 66.1 cm³/mol. The van der Waals surface area contributed by atoms with E-state index in [0.717, 1.165) is 16.9 Å². The molecule has 0 atom stereocenters. The molecule has 5 nitrogen and oxygen atoms in total. The minimum absolute atomic E-state index is 0.131. The van der Waals surface area contributed by atoms with E-state index >= 15 is 0 Å². The van der Waals surface area contributed by atoms with E-state index in [0.29, 0.717) is 5.69 Å². The minimum atomic E-state index is -1.04. The first kappa shape index (κ1) is 11.7. The minimum Gasteiger partial charge on any atom is -0.477 e. The van der Waals surface area contributed by atoms with Gasteiger partial charge in [0, 0.05) is 5.38 Å². The summed E-state index contributed by atoms with van der Waals surface area (Å²) in [4.78, 5) is 26.7. The number of carboxylic acid groups (broad SMARTS) is 1. The molecule has 2 N–H and O–H groups in total. The molecule has 0 radical (unpaired) electrons. The maximum Gasteiger partial charge on any atom is 0.348 e. The van der Waals surface area contributed by atoms with Crippen molar-refractivity contribution in [2.24, 2.45) is 0 Å². The Labute approximate surface area is 105 Å². The summed E-state index contributed by atoms with van der Waals surface area (Å²) < 4.78 is 0. The summed E-state index contributed by atoms with van der Waals surface area (Å²) in [5.74, 6) is -1.44. The largest absolute Gasteiger partial charge is 0.477 e. The average molecular weight is 268 g/mol. The Bertz CT molecular complexity index is 560. The molecule has 7 heteroatoms. The maximum atomic E-state index is 11.7. The smallest absolute Gasteiger partial charge is 0.348 e. The van der Waals surface area contributed by atoms with Crippen molar-refractivity contribution in [2.45, 2.75) is 6.92 Å². The Kier molecular flexibility index (Phi) is 3.21. The van der Waals surface area contributed by atoms with E-state index in [4.69, 9.17) is 5.11 Å². The summed E-state index contributed by atoms with van der Waals surface area (Å²) in [5.41, 5.74) is 2.92. The molecular weight excluding hydrogens is 260 g/mol. The molecule has 0 fully saturated rings. The van der Waals surface area contributed by atoms with Crippen molar-refractivity contribution in [3.63, 3.8) is 0 Å². The number of anilines is 1. The molecule has 0 unspecified atom stereocenters. The van der Waals surface area contributed by atoms with Crippen molar-refractivity contribution in [3.8, 4) is 0 Å². The van der Waals surface area contributed by atoms with Gasteiger partial charge in [0.05, 0.1) is 11.2 Å². The van der Waals surface area contributed by atoms with Crippen LogP contribution in [-0.4, -0.2) is 22.0 Å². The number of nitrogens with one attached hydrogen (secondary N) is 1. The summed E-state index contributed by atoms with van der Waals surface area (Å²) in [6.45, 7) is 1.75. The fraction of sp³-hybridized carbons (Fsp3) is 0.100. The van der Waals surface area contributed by atoms with E-state index in [-0.39, 0.29) is 10.6 Å². The van der Waals surface area contributed by atoms with Crippen LogP contribution in [0, 0.1) is 6.92 Å². The van der Waals surface area contributed by atoms with Crippen LogP contribution in [0.1, 0.15) is 25.7 Å². The van der Waals surface area contributed by atoms with Crippen LogP contribution < -0.4 is 5.32 Å². The molecule has 0 aromatic carbocycles. The van der Waals surface area contributed by atoms with Gasteiger partial charge in [-0.05, 0) is 17.9 Å². The summed E-state index contributed by atoms with van der Waals surface area (Å²) >= 11 is 2.40. The molecule has 17 heavy (non-hydrogen) atoms. The molecule has 0 aliphatic heterocycles. The van der Waals surface area contributed by atoms with Gasteiger partial charge in [0.25, 0.3) is 5.91 Å². The van der Waals surface area contributed by atoms with E-state index in [1.165, 1.54) is 11.3 Å². The number of hydrogen-bond acceptors (Lipinski definition) is 5. The highest BCUT2D eigenvalue weighted by atomic mass is 32.1. The number of carbonyl (C=O) groups is 2. The van der Waals surface area contributed by atoms with Gasteiger partial charge < -0.3 is 10.4 Å². The van der Waals surface area contributed by atoms with E-state index < -0.39 is 11.9 Å². The number of thiophene rings is 1. The van der Waals surface area contributed by atoms with E-state index in [9.17, 15) is 9.59 Å². The van der Waals surface area contributed by atoms with E-state index in [2.05, 4.69) is 10.3 Å². The summed E-state index contributed by atoms with van der Waals surface area (Å²) in [7, 11) is 0. The molecule has 0 bridgehead atoms. The van der Waals surface area contributed by atoms with Gasteiger partial charge in [-0.3, -0.25) is 4.79 Å². The standard InChI is InChI=1S/C10H8N2O3S2/c1-5-2-17-8(10(14)15)7(5)12-9(13)6-3-16-4-11-6/h2-4H,1H3,(H,12,13)(H,14,15). The topological polar surface area (TPSA) is 79.3 Å².